The number of amides is 2. The average Bonchev–Trinajstić information content (AvgIpc) is 3.37. The molecule has 0 spiro atoms. The van der Waals surface area contributed by atoms with Crippen molar-refractivity contribution in [1.29, 1.82) is 0 Å². The molecule has 0 aliphatic carbocycles. The number of hydrogen-bond acceptors (Lipinski definition) is 7. The SMILES string of the molecule is Cc1cc(N2CCN(C(=O)C3CCN(C(=O)CCOc4ccccc4)CC3)CC2)n2ncnc2n1. The summed E-state index contributed by atoms with van der Waals surface area (Å²) in [6.07, 6.45) is 3.29. The van der Waals surface area contributed by atoms with Crippen LogP contribution in [0.4, 0.5) is 5.82 Å². The first-order valence-corrected chi connectivity index (χ1v) is 12.3. The lowest BCUT2D eigenvalue weighted by Crippen LogP contribution is -2.52. The molecule has 10 nitrogen and oxygen atoms in total. The molecule has 184 valence electrons. The van der Waals surface area contributed by atoms with Gasteiger partial charge in [-0.05, 0) is 31.9 Å². The first kappa shape index (κ1) is 23.1. The molecule has 0 radical (unpaired) electrons. The highest BCUT2D eigenvalue weighted by Crippen LogP contribution is 2.23. The number of carbonyl (C=O) groups is 2. The van der Waals surface area contributed by atoms with Gasteiger partial charge in [0.05, 0.1) is 13.0 Å². The van der Waals surface area contributed by atoms with Gasteiger partial charge < -0.3 is 19.4 Å². The number of carbonyl (C=O) groups excluding carboxylic acids is 2. The second-order valence-electron chi connectivity index (χ2n) is 9.11. The van der Waals surface area contributed by atoms with E-state index in [1.54, 1.807) is 4.52 Å². The normalized spacial score (nSPS) is 17.1. The number of aryl methyl sites for hydroxylation is 1. The fraction of sp³-hybridized carbons (Fsp3) is 0.480. The second-order valence-corrected chi connectivity index (χ2v) is 9.11. The van der Waals surface area contributed by atoms with Gasteiger partial charge in [-0.25, -0.2) is 4.98 Å². The maximum absolute atomic E-state index is 13.2. The van der Waals surface area contributed by atoms with E-state index in [0.29, 0.717) is 57.8 Å². The van der Waals surface area contributed by atoms with Crippen LogP contribution in [0.5, 0.6) is 5.75 Å². The van der Waals surface area contributed by atoms with E-state index in [4.69, 9.17) is 4.74 Å². The molecular weight excluding hydrogens is 446 g/mol. The van der Waals surface area contributed by atoms with Crippen LogP contribution < -0.4 is 9.64 Å². The molecule has 2 amide bonds. The predicted octanol–water partition coefficient (Wildman–Crippen LogP) is 1.79. The quantitative estimate of drug-likeness (QED) is 0.534. The van der Waals surface area contributed by atoms with Crippen molar-refractivity contribution in [3.8, 4) is 5.75 Å². The highest BCUT2D eigenvalue weighted by Gasteiger charge is 2.32. The number of nitrogens with zero attached hydrogens (tertiary/aromatic N) is 7. The van der Waals surface area contributed by atoms with Crippen molar-refractivity contribution < 1.29 is 14.3 Å². The Bertz CT molecular complexity index is 1170. The number of anilines is 1. The van der Waals surface area contributed by atoms with Crippen LogP contribution in [0.1, 0.15) is 25.0 Å². The number of aromatic nitrogens is 4. The molecule has 0 bridgehead atoms. The van der Waals surface area contributed by atoms with E-state index in [-0.39, 0.29) is 17.7 Å². The minimum absolute atomic E-state index is 0.0173. The van der Waals surface area contributed by atoms with Crippen LogP contribution in [0.15, 0.2) is 42.7 Å². The highest BCUT2D eigenvalue weighted by molar-refractivity contribution is 5.80. The number of piperazine rings is 1. The smallest absolute Gasteiger partial charge is 0.254 e. The summed E-state index contributed by atoms with van der Waals surface area (Å²) < 4.78 is 7.40. The van der Waals surface area contributed by atoms with Crippen molar-refractivity contribution in [2.75, 3.05) is 50.8 Å². The van der Waals surface area contributed by atoms with Gasteiger partial charge in [-0.1, -0.05) is 18.2 Å². The molecule has 2 saturated heterocycles. The van der Waals surface area contributed by atoms with Gasteiger partial charge in [0.25, 0.3) is 5.78 Å². The van der Waals surface area contributed by atoms with E-state index in [1.807, 2.05) is 53.1 Å². The molecule has 3 aromatic rings. The number of benzene rings is 1. The van der Waals surface area contributed by atoms with Gasteiger partial charge in [-0.2, -0.15) is 14.6 Å². The summed E-state index contributed by atoms with van der Waals surface area (Å²) in [5.74, 6) is 2.60. The lowest BCUT2D eigenvalue weighted by Gasteiger charge is -2.39. The van der Waals surface area contributed by atoms with Crippen molar-refractivity contribution in [3.05, 3.63) is 48.4 Å². The molecule has 2 fully saturated rings. The standard InChI is InChI=1S/C25H31N7O3/c1-19-17-22(32-25(28-19)26-18-27-32)29-12-14-31(15-13-29)24(34)20-7-10-30(11-8-20)23(33)9-16-35-21-5-3-2-4-6-21/h2-6,17-18,20H,7-16H2,1H3. The monoisotopic (exact) mass is 477 g/mol. The molecule has 10 heteroatoms. The molecule has 1 aromatic carbocycles. The van der Waals surface area contributed by atoms with Crippen LogP contribution in [-0.4, -0.2) is 87.1 Å². The third kappa shape index (κ3) is 5.21. The first-order chi connectivity index (χ1) is 17.1. The highest BCUT2D eigenvalue weighted by atomic mass is 16.5. The largest absolute Gasteiger partial charge is 0.493 e. The van der Waals surface area contributed by atoms with E-state index in [2.05, 4.69) is 20.0 Å². The van der Waals surface area contributed by atoms with E-state index in [9.17, 15) is 9.59 Å². The Morgan fingerprint density at radius 3 is 2.49 bits per heavy atom. The van der Waals surface area contributed by atoms with Crippen molar-refractivity contribution in [1.82, 2.24) is 29.4 Å². The first-order valence-electron chi connectivity index (χ1n) is 12.3. The van der Waals surface area contributed by atoms with Gasteiger partial charge in [0.1, 0.15) is 17.9 Å². The number of likely N-dealkylation sites (tertiary alicyclic amines) is 1. The molecule has 35 heavy (non-hydrogen) atoms. The minimum atomic E-state index is -0.0173. The van der Waals surface area contributed by atoms with E-state index < -0.39 is 0 Å². The molecular formula is C25H31N7O3. The van der Waals surface area contributed by atoms with Crippen molar-refractivity contribution in [3.63, 3.8) is 0 Å². The number of ether oxygens (including phenoxy) is 1. The molecule has 5 rings (SSSR count). The molecule has 4 heterocycles. The summed E-state index contributed by atoms with van der Waals surface area (Å²) in [6, 6.07) is 11.5. The number of fused-ring (bicyclic) bond motifs is 1. The van der Waals surface area contributed by atoms with Crippen molar-refractivity contribution in [2.45, 2.75) is 26.2 Å². The zero-order valence-corrected chi connectivity index (χ0v) is 20.0. The zero-order chi connectivity index (χ0) is 24.2. The number of para-hydroxylation sites is 1. The van der Waals surface area contributed by atoms with Crippen molar-refractivity contribution >= 4 is 23.4 Å². The molecule has 2 aliphatic rings. The van der Waals surface area contributed by atoms with E-state index in [0.717, 1.165) is 30.4 Å². The topological polar surface area (TPSA) is 96.2 Å². The summed E-state index contributed by atoms with van der Waals surface area (Å²) in [6.45, 7) is 6.39. The van der Waals surface area contributed by atoms with Crippen molar-refractivity contribution in [2.24, 2.45) is 5.92 Å². The number of piperidine rings is 1. The van der Waals surface area contributed by atoms with Gasteiger partial charge in [-0.15, -0.1) is 0 Å². The molecule has 0 saturated carbocycles. The summed E-state index contributed by atoms with van der Waals surface area (Å²) in [5, 5.41) is 4.30. The van der Waals surface area contributed by atoms with Crippen LogP contribution in [0.3, 0.4) is 0 Å². The van der Waals surface area contributed by atoms with E-state index >= 15 is 0 Å². The predicted molar refractivity (Wildman–Crippen MR) is 130 cm³/mol. The van der Waals surface area contributed by atoms with E-state index in [1.165, 1.54) is 6.33 Å². The fourth-order valence-corrected chi connectivity index (χ4v) is 4.86. The Balaban J connectivity index is 1.07. The van der Waals surface area contributed by atoms with Gasteiger partial charge in [-0.3, -0.25) is 9.59 Å². The molecule has 0 atom stereocenters. The Labute approximate surface area is 204 Å². The second kappa shape index (κ2) is 10.3. The molecule has 0 unspecified atom stereocenters. The lowest BCUT2D eigenvalue weighted by atomic mass is 9.94. The van der Waals surface area contributed by atoms with Crippen LogP contribution >= 0.6 is 0 Å². The molecule has 2 aliphatic heterocycles. The summed E-state index contributed by atoms with van der Waals surface area (Å²) in [7, 11) is 0. The zero-order valence-electron chi connectivity index (χ0n) is 20.0. The van der Waals surface area contributed by atoms with Crippen LogP contribution in [0, 0.1) is 12.8 Å². The molecule has 2 aromatic heterocycles. The average molecular weight is 478 g/mol. The lowest BCUT2D eigenvalue weighted by molar-refractivity contribution is -0.141. The summed E-state index contributed by atoms with van der Waals surface area (Å²) in [5.41, 5.74) is 0.895. The number of rotatable bonds is 6. The Morgan fingerprint density at radius 1 is 1.00 bits per heavy atom. The van der Waals surface area contributed by atoms with Gasteiger partial charge in [0, 0.05) is 56.9 Å². The fourth-order valence-electron chi connectivity index (χ4n) is 4.86. The number of hydrogen-bond donors (Lipinski definition) is 0. The Morgan fingerprint density at radius 2 is 1.74 bits per heavy atom. The van der Waals surface area contributed by atoms with Gasteiger partial charge >= 0.3 is 0 Å². The Hall–Kier alpha value is -3.69. The van der Waals surface area contributed by atoms with Gasteiger partial charge in [0.2, 0.25) is 11.8 Å². The Kier molecular flexibility index (Phi) is 6.78. The summed E-state index contributed by atoms with van der Waals surface area (Å²) >= 11 is 0. The summed E-state index contributed by atoms with van der Waals surface area (Å²) in [4.78, 5) is 40.4. The van der Waals surface area contributed by atoms with Gasteiger partial charge in [0.15, 0.2) is 0 Å². The minimum Gasteiger partial charge on any atom is -0.493 e. The van der Waals surface area contributed by atoms with Crippen LogP contribution in [0.25, 0.3) is 5.78 Å². The third-order valence-electron chi connectivity index (χ3n) is 6.80. The third-order valence-corrected chi connectivity index (χ3v) is 6.80. The van der Waals surface area contributed by atoms with Crippen LogP contribution in [0.2, 0.25) is 0 Å². The maximum atomic E-state index is 13.2. The van der Waals surface area contributed by atoms with Crippen LogP contribution in [-0.2, 0) is 9.59 Å². The maximum Gasteiger partial charge on any atom is 0.254 e. The molecule has 0 N–H and O–H groups in total.